The van der Waals surface area contributed by atoms with Crippen molar-refractivity contribution in [3.8, 4) is 11.1 Å². The number of thiophene rings is 1. The van der Waals surface area contributed by atoms with Crippen LogP contribution in [0.3, 0.4) is 0 Å². The third-order valence-corrected chi connectivity index (χ3v) is 10.2. The Balaban J connectivity index is 1.37. The van der Waals surface area contributed by atoms with Crippen LogP contribution in [0.4, 0.5) is 0 Å². The Bertz CT molecular complexity index is 2960. The molecule has 0 radical (unpaired) electrons. The van der Waals surface area contributed by atoms with E-state index in [-0.39, 0.29) is 0 Å². The fourth-order valence-corrected chi connectivity index (χ4v) is 8.47. The van der Waals surface area contributed by atoms with Gasteiger partial charge in [0.2, 0.25) is 0 Å². The molecule has 0 aliphatic heterocycles. The zero-order chi connectivity index (χ0) is 27.8. The van der Waals surface area contributed by atoms with Crippen molar-refractivity contribution in [1.29, 1.82) is 0 Å². The minimum Gasteiger partial charge on any atom is -0.456 e. The van der Waals surface area contributed by atoms with Gasteiger partial charge in [0, 0.05) is 52.7 Å². The van der Waals surface area contributed by atoms with E-state index < -0.39 is 0 Å². The van der Waals surface area contributed by atoms with Crippen LogP contribution in [0.25, 0.3) is 103 Å². The average Bonchev–Trinajstić information content (AvgIpc) is 3.79. The molecule has 11 aromatic rings. The van der Waals surface area contributed by atoms with E-state index in [0.29, 0.717) is 0 Å². The first-order chi connectivity index (χ1) is 21.3. The lowest BCUT2D eigenvalue weighted by Crippen LogP contribution is -1.90. The zero-order valence-corrected chi connectivity index (χ0v) is 23.4. The number of furan rings is 1. The summed E-state index contributed by atoms with van der Waals surface area (Å²) in [6.45, 7) is 0. The molecule has 5 aromatic heterocycles. The molecule has 0 fully saturated rings. The summed E-state index contributed by atoms with van der Waals surface area (Å²) < 4.78 is 11.1. The van der Waals surface area contributed by atoms with Crippen LogP contribution in [0.5, 0.6) is 0 Å². The summed E-state index contributed by atoms with van der Waals surface area (Å²) in [4.78, 5) is 10.6. The van der Waals surface area contributed by atoms with E-state index in [9.17, 15) is 0 Å². The third-order valence-electron chi connectivity index (χ3n) is 9.10. The Labute approximate surface area is 247 Å². The molecule has 0 saturated heterocycles. The molecule has 11 rings (SSSR count). The monoisotopic (exact) mass is 565 g/mol. The van der Waals surface area contributed by atoms with Gasteiger partial charge in [0.1, 0.15) is 16.7 Å². The van der Waals surface area contributed by atoms with Crippen LogP contribution in [-0.2, 0) is 0 Å². The van der Waals surface area contributed by atoms with Crippen molar-refractivity contribution in [3.05, 3.63) is 115 Å². The lowest BCUT2D eigenvalue weighted by Gasteiger charge is -2.07. The topological polar surface area (TPSA) is 43.3 Å². The second-order valence-corrected chi connectivity index (χ2v) is 12.4. The van der Waals surface area contributed by atoms with E-state index in [1.165, 1.54) is 47.4 Å². The van der Waals surface area contributed by atoms with Gasteiger partial charge in [0.05, 0.1) is 22.1 Å². The van der Waals surface area contributed by atoms with Gasteiger partial charge in [-0.05, 0) is 48.0 Å². The van der Waals surface area contributed by atoms with E-state index in [4.69, 9.17) is 14.4 Å². The van der Waals surface area contributed by atoms with Crippen molar-refractivity contribution in [1.82, 2.24) is 14.4 Å². The number of fused-ring (bicyclic) bond motifs is 14. The molecule has 6 aromatic carbocycles. The highest BCUT2D eigenvalue weighted by Crippen LogP contribution is 2.48. The van der Waals surface area contributed by atoms with E-state index in [2.05, 4.69) is 95.4 Å². The normalized spacial score (nSPS) is 12.7. The van der Waals surface area contributed by atoms with E-state index in [0.717, 1.165) is 55.2 Å². The summed E-state index contributed by atoms with van der Waals surface area (Å²) in [6, 6.07) is 40.8. The van der Waals surface area contributed by atoms with Gasteiger partial charge in [-0.3, -0.25) is 4.40 Å². The zero-order valence-electron chi connectivity index (χ0n) is 22.6. The average molecular weight is 566 g/mol. The minimum absolute atomic E-state index is 0.902. The Morgan fingerprint density at radius 2 is 1.30 bits per heavy atom. The van der Waals surface area contributed by atoms with Crippen LogP contribution < -0.4 is 0 Å². The summed E-state index contributed by atoms with van der Waals surface area (Å²) >= 11 is 1.86. The van der Waals surface area contributed by atoms with Crippen molar-refractivity contribution < 1.29 is 4.42 Å². The summed E-state index contributed by atoms with van der Waals surface area (Å²) in [5, 5.41) is 8.46. The van der Waals surface area contributed by atoms with E-state index in [1.807, 2.05) is 35.6 Å². The predicted octanol–water partition coefficient (Wildman–Crippen LogP) is 10.7. The number of hydrogen-bond donors (Lipinski definition) is 0. The minimum atomic E-state index is 0.902. The molecule has 0 bridgehead atoms. The Hall–Kier alpha value is -5.52. The van der Waals surface area contributed by atoms with Crippen LogP contribution in [0.15, 0.2) is 120 Å². The van der Waals surface area contributed by atoms with Crippen LogP contribution in [0.1, 0.15) is 0 Å². The Morgan fingerprint density at radius 3 is 2.23 bits per heavy atom. The number of benzene rings is 6. The van der Waals surface area contributed by atoms with Crippen LogP contribution in [-0.4, -0.2) is 14.4 Å². The smallest absolute Gasteiger partial charge is 0.165 e. The SMILES string of the molecule is c1ccc2nc3c(nc2c1)c1c2c(cc4c5cccc(-c6ccc7oc8ccccc8c7c6)c5n3c41)sc1ccccc12. The molecular formula is C38H19N3OS. The molecule has 0 aliphatic rings. The fraction of sp³-hybridized carbons (Fsp3) is 0. The molecule has 5 heterocycles. The third kappa shape index (κ3) is 2.71. The molecule has 198 valence electrons. The van der Waals surface area contributed by atoms with Gasteiger partial charge < -0.3 is 4.42 Å². The number of para-hydroxylation sites is 4. The summed E-state index contributed by atoms with van der Waals surface area (Å²) in [5.41, 5.74) is 10.2. The highest BCUT2D eigenvalue weighted by Gasteiger charge is 2.25. The first-order valence-corrected chi connectivity index (χ1v) is 15.2. The molecule has 5 heteroatoms. The Kier molecular flexibility index (Phi) is 3.94. The highest BCUT2D eigenvalue weighted by atomic mass is 32.1. The van der Waals surface area contributed by atoms with Gasteiger partial charge in [-0.1, -0.05) is 72.8 Å². The van der Waals surface area contributed by atoms with E-state index >= 15 is 0 Å². The van der Waals surface area contributed by atoms with Crippen molar-refractivity contribution >= 4 is 103 Å². The second-order valence-electron chi connectivity index (χ2n) is 11.3. The predicted molar refractivity (Wildman–Crippen MR) is 180 cm³/mol. The van der Waals surface area contributed by atoms with Gasteiger partial charge >= 0.3 is 0 Å². The van der Waals surface area contributed by atoms with Gasteiger partial charge in [0.25, 0.3) is 0 Å². The molecule has 0 spiro atoms. The molecule has 43 heavy (non-hydrogen) atoms. The largest absolute Gasteiger partial charge is 0.456 e. The second kappa shape index (κ2) is 7.65. The number of aromatic nitrogens is 3. The quantitative estimate of drug-likeness (QED) is 0.199. The first kappa shape index (κ1) is 22.1. The van der Waals surface area contributed by atoms with Gasteiger partial charge in [-0.15, -0.1) is 11.3 Å². The van der Waals surface area contributed by atoms with E-state index in [1.54, 1.807) is 0 Å². The molecule has 0 unspecified atom stereocenters. The van der Waals surface area contributed by atoms with Gasteiger partial charge in [-0.2, -0.15) is 0 Å². The lowest BCUT2D eigenvalue weighted by atomic mass is 9.99. The molecule has 0 amide bonds. The van der Waals surface area contributed by atoms with Crippen LogP contribution >= 0.6 is 11.3 Å². The fourth-order valence-electron chi connectivity index (χ4n) is 7.31. The number of rotatable bonds is 1. The molecule has 0 atom stereocenters. The van der Waals surface area contributed by atoms with Crippen molar-refractivity contribution in [2.45, 2.75) is 0 Å². The number of nitrogens with zero attached hydrogens (tertiary/aromatic N) is 3. The Morgan fingerprint density at radius 1 is 0.535 bits per heavy atom. The van der Waals surface area contributed by atoms with Crippen LogP contribution in [0, 0.1) is 0 Å². The maximum atomic E-state index is 6.17. The van der Waals surface area contributed by atoms with Crippen LogP contribution in [0.2, 0.25) is 0 Å². The molecule has 0 N–H and O–H groups in total. The lowest BCUT2D eigenvalue weighted by molar-refractivity contribution is 0.669. The van der Waals surface area contributed by atoms with Gasteiger partial charge in [0.15, 0.2) is 5.65 Å². The van der Waals surface area contributed by atoms with Crippen molar-refractivity contribution in [2.75, 3.05) is 0 Å². The standard InChI is InChI=1S/C38H19N3OS/c1-5-14-29-22(8-1)25-18-20(16-17-30(25)42-29)21-10-7-11-23-26-19-32-33(24-9-2-6-15-31(24)43-32)34-35-38(41(36(21)23)37(26)34)40-28-13-4-3-12-27(28)39-35/h1-19H. The van der Waals surface area contributed by atoms with Gasteiger partial charge in [-0.25, -0.2) is 9.97 Å². The molecule has 4 nitrogen and oxygen atoms in total. The van der Waals surface area contributed by atoms with Crippen molar-refractivity contribution in [3.63, 3.8) is 0 Å². The summed E-state index contributed by atoms with van der Waals surface area (Å²) in [7, 11) is 0. The molecular weight excluding hydrogens is 547 g/mol. The maximum Gasteiger partial charge on any atom is 0.165 e. The molecule has 0 saturated carbocycles. The summed E-state index contributed by atoms with van der Waals surface area (Å²) in [5.74, 6) is 0. The maximum absolute atomic E-state index is 6.17. The molecule has 0 aliphatic carbocycles. The highest BCUT2D eigenvalue weighted by molar-refractivity contribution is 7.26. The summed E-state index contributed by atoms with van der Waals surface area (Å²) in [6.07, 6.45) is 0. The first-order valence-electron chi connectivity index (χ1n) is 14.4. The van der Waals surface area contributed by atoms with Crippen molar-refractivity contribution in [2.24, 2.45) is 0 Å². The number of hydrogen-bond acceptors (Lipinski definition) is 4.